The summed E-state index contributed by atoms with van der Waals surface area (Å²) in [6, 6.07) is 7.16. The lowest BCUT2D eigenvalue weighted by molar-refractivity contribution is -0.150. The lowest BCUT2D eigenvalue weighted by Crippen LogP contribution is -2.62. The zero-order valence-corrected chi connectivity index (χ0v) is 12.9. The maximum Gasteiger partial charge on any atom is 0.245 e. The van der Waals surface area contributed by atoms with Gasteiger partial charge in [0.05, 0.1) is 0 Å². The summed E-state index contributed by atoms with van der Waals surface area (Å²) in [6.45, 7) is 2.24. The first-order chi connectivity index (χ1) is 9.56. The third-order valence-electron chi connectivity index (χ3n) is 3.93. The van der Waals surface area contributed by atoms with Crippen LogP contribution in [0.1, 0.15) is 25.3 Å². The van der Waals surface area contributed by atoms with Crippen molar-refractivity contribution in [1.82, 2.24) is 10.2 Å². The molecule has 1 N–H and O–H groups in total. The Morgan fingerprint density at radius 3 is 2.75 bits per heavy atom. The summed E-state index contributed by atoms with van der Waals surface area (Å²) in [5, 5.41) is 2.79. The van der Waals surface area contributed by atoms with E-state index >= 15 is 0 Å². The zero-order chi connectivity index (χ0) is 14.3. The molecule has 1 saturated carbocycles. The van der Waals surface area contributed by atoms with Crippen molar-refractivity contribution in [2.45, 2.75) is 38.4 Å². The molecule has 2 amide bonds. The fraction of sp³-hybridized carbons (Fsp3) is 0.467. The van der Waals surface area contributed by atoms with E-state index in [1.165, 1.54) is 0 Å². The highest BCUT2D eigenvalue weighted by atomic mass is 79.9. The minimum atomic E-state index is -0.426. The third-order valence-corrected chi connectivity index (χ3v) is 4.42. The lowest BCUT2D eigenvalue weighted by Gasteiger charge is -2.38. The van der Waals surface area contributed by atoms with Crippen LogP contribution in [0.4, 0.5) is 0 Å². The molecule has 0 spiro atoms. The van der Waals surface area contributed by atoms with Crippen LogP contribution in [0.2, 0.25) is 0 Å². The number of piperazine rings is 1. The molecule has 1 heterocycles. The summed E-state index contributed by atoms with van der Waals surface area (Å²) in [7, 11) is 0. The summed E-state index contributed by atoms with van der Waals surface area (Å²) in [6.07, 6.45) is 2.07. The molecule has 20 heavy (non-hydrogen) atoms. The number of halogens is 1. The Morgan fingerprint density at radius 1 is 1.35 bits per heavy atom. The Kier molecular flexibility index (Phi) is 3.54. The minimum absolute atomic E-state index is 0.00500. The highest BCUT2D eigenvalue weighted by Gasteiger charge is 2.46. The largest absolute Gasteiger partial charge is 0.343 e. The number of amides is 2. The van der Waals surface area contributed by atoms with Crippen LogP contribution in [0.3, 0.4) is 0 Å². The fourth-order valence-electron chi connectivity index (χ4n) is 2.78. The van der Waals surface area contributed by atoms with Crippen LogP contribution >= 0.6 is 15.9 Å². The zero-order valence-electron chi connectivity index (χ0n) is 11.3. The molecule has 106 valence electrons. The Labute approximate surface area is 126 Å². The van der Waals surface area contributed by atoms with E-state index in [0.29, 0.717) is 12.5 Å². The fourth-order valence-corrected chi connectivity index (χ4v) is 3.22. The second-order valence-electron chi connectivity index (χ2n) is 5.61. The monoisotopic (exact) mass is 336 g/mol. The van der Waals surface area contributed by atoms with Crippen molar-refractivity contribution in [2.24, 2.45) is 5.92 Å². The second kappa shape index (κ2) is 5.20. The second-order valence-corrected chi connectivity index (χ2v) is 6.52. The molecule has 0 radical (unpaired) electrons. The van der Waals surface area contributed by atoms with Crippen molar-refractivity contribution < 1.29 is 9.59 Å². The molecule has 1 saturated heterocycles. The first-order valence-electron chi connectivity index (χ1n) is 6.91. The smallest absolute Gasteiger partial charge is 0.245 e. The maximum atomic E-state index is 12.4. The number of carbonyl (C=O) groups excluding carboxylic acids is 2. The van der Waals surface area contributed by atoms with Gasteiger partial charge in [-0.2, -0.15) is 0 Å². The summed E-state index contributed by atoms with van der Waals surface area (Å²) >= 11 is 3.44. The van der Waals surface area contributed by atoms with Crippen LogP contribution in [0.25, 0.3) is 0 Å². The van der Waals surface area contributed by atoms with Gasteiger partial charge in [0.25, 0.3) is 0 Å². The first kappa shape index (κ1) is 13.6. The molecule has 0 aromatic heterocycles. The van der Waals surface area contributed by atoms with Gasteiger partial charge in [0, 0.05) is 11.0 Å². The number of nitrogens with zero attached hydrogens (tertiary/aromatic N) is 1. The SMILES string of the molecule is CC1NC(=O)C(C2CC2)N(Cc2cccc(Br)c2)C1=O. The summed E-state index contributed by atoms with van der Waals surface area (Å²) in [5.41, 5.74) is 1.04. The van der Waals surface area contributed by atoms with E-state index in [2.05, 4.69) is 21.2 Å². The maximum absolute atomic E-state index is 12.4. The molecule has 3 rings (SSSR count). The van der Waals surface area contributed by atoms with Crippen molar-refractivity contribution in [3.8, 4) is 0 Å². The van der Waals surface area contributed by atoms with Gasteiger partial charge in [-0.3, -0.25) is 9.59 Å². The number of hydrogen-bond donors (Lipinski definition) is 1. The van der Waals surface area contributed by atoms with E-state index in [4.69, 9.17) is 0 Å². The van der Waals surface area contributed by atoms with Crippen molar-refractivity contribution in [2.75, 3.05) is 0 Å². The van der Waals surface area contributed by atoms with Crippen molar-refractivity contribution in [3.63, 3.8) is 0 Å². The van der Waals surface area contributed by atoms with E-state index in [1.807, 2.05) is 24.3 Å². The molecule has 4 nitrogen and oxygen atoms in total. The quantitative estimate of drug-likeness (QED) is 0.918. The van der Waals surface area contributed by atoms with Gasteiger partial charge in [-0.05, 0) is 43.4 Å². The number of benzene rings is 1. The van der Waals surface area contributed by atoms with E-state index in [1.54, 1.807) is 11.8 Å². The minimum Gasteiger partial charge on any atom is -0.343 e. The van der Waals surface area contributed by atoms with Gasteiger partial charge < -0.3 is 10.2 Å². The number of rotatable bonds is 3. The third kappa shape index (κ3) is 2.59. The van der Waals surface area contributed by atoms with E-state index in [9.17, 15) is 9.59 Å². The van der Waals surface area contributed by atoms with Crippen LogP contribution in [-0.4, -0.2) is 28.8 Å². The van der Waals surface area contributed by atoms with Gasteiger partial charge in [-0.1, -0.05) is 28.1 Å². The molecule has 1 aromatic carbocycles. The molecule has 2 unspecified atom stereocenters. The standard InChI is InChI=1S/C15H17BrN2O2/c1-9-15(20)18(8-10-3-2-4-12(16)7-10)13(11-5-6-11)14(19)17-9/h2-4,7,9,11,13H,5-6,8H2,1H3,(H,17,19). The molecule has 2 fully saturated rings. The molecule has 1 aliphatic heterocycles. The van der Waals surface area contributed by atoms with E-state index in [0.717, 1.165) is 22.9 Å². The Balaban J connectivity index is 1.86. The predicted octanol–water partition coefficient (Wildman–Crippen LogP) is 2.07. The van der Waals surface area contributed by atoms with Crippen molar-refractivity contribution in [1.29, 1.82) is 0 Å². The predicted molar refractivity (Wildman–Crippen MR) is 78.8 cm³/mol. The van der Waals surface area contributed by atoms with Crippen LogP contribution in [0, 0.1) is 5.92 Å². The van der Waals surface area contributed by atoms with E-state index < -0.39 is 6.04 Å². The molecular formula is C15H17BrN2O2. The number of hydrogen-bond acceptors (Lipinski definition) is 2. The van der Waals surface area contributed by atoms with E-state index in [-0.39, 0.29) is 17.9 Å². The topological polar surface area (TPSA) is 49.4 Å². The summed E-state index contributed by atoms with van der Waals surface area (Å²) in [4.78, 5) is 26.3. The molecule has 0 bridgehead atoms. The van der Waals surface area contributed by atoms with Crippen LogP contribution in [0.15, 0.2) is 28.7 Å². The van der Waals surface area contributed by atoms with Gasteiger partial charge >= 0.3 is 0 Å². The molecule has 2 aliphatic rings. The average molecular weight is 337 g/mol. The molecular weight excluding hydrogens is 320 g/mol. The van der Waals surface area contributed by atoms with Gasteiger partial charge in [0.15, 0.2) is 0 Å². The van der Waals surface area contributed by atoms with Crippen molar-refractivity contribution >= 4 is 27.7 Å². The highest BCUT2D eigenvalue weighted by Crippen LogP contribution is 2.37. The Bertz CT molecular complexity index is 557. The van der Waals surface area contributed by atoms with Crippen molar-refractivity contribution in [3.05, 3.63) is 34.3 Å². The summed E-state index contributed by atoms with van der Waals surface area (Å²) in [5.74, 6) is 0.342. The Morgan fingerprint density at radius 2 is 2.10 bits per heavy atom. The molecule has 1 aliphatic carbocycles. The normalized spacial score (nSPS) is 26.6. The average Bonchev–Trinajstić information content (AvgIpc) is 3.20. The summed E-state index contributed by atoms with van der Waals surface area (Å²) < 4.78 is 0.986. The van der Waals surface area contributed by atoms with Crippen LogP contribution < -0.4 is 5.32 Å². The highest BCUT2D eigenvalue weighted by molar-refractivity contribution is 9.10. The Hall–Kier alpha value is -1.36. The first-order valence-corrected chi connectivity index (χ1v) is 7.71. The van der Waals surface area contributed by atoms with Gasteiger partial charge in [0.1, 0.15) is 12.1 Å². The van der Waals surface area contributed by atoms with Crippen LogP contribution in [0.5, 0.6) is 0 Å². The van der Waals surface area contributed by atoms with Gasteiger partial charge in [-0.15, -0.1) is 0 Å². The molecule has 2 atom stereocenters. The molecule has 5 heteroatoms. The molecule has 1 aromatic rings. The van der Waals surface area contributed by atoms with Gasteiger partial charge in [-0.25, -0.2) is 0 Å². The number of carbonyl (C=O) groups is 2. The lowest BCUT2D eigenvalue weighted by atomic mass is 10.0. The van der Waals surface area contributed by atoms with Crippen LogP contribution in [-0.2, 0) is 16.1 Å². The number of nitrogens with one attached hydrogen (secondary N) is 1. The van der Waals surface area contributed by atoms with Gasteiger partial charge in [0.2, 0.25) is 11.8 Å².